The van der Waals surface area contributed by atoms with Crippen molar-refractivity contribution in [1.29, 1.82) is 0 Å². The Bertz CT molecular complexity index is 750. The molecule has 3 fully saturated rings. The monoisotopic (exact) mass is 360 g/mol. The van der Waals surface area contributed by atoms with Crippen LogP contribution in [0.1, 0.15) is 31.7 Å². The van der Waals surface area contributed by atoms with Crippen LogP contribution < -0.4 is 5.32 Å². The number of hydrogen-bond acceptors (Lipinski definition) is 3. The molecule has 1 aromatic rings. The third-order valence-electron chi connectivity index (χ3n) is 6.17. The molecule has 6 heteroatoms. The molecule has 132 valence electrons. The summed E-state index contributed by atoms with van der Waals surface area (Å²) in [6.45, 7) is 3.50. The SMILES string of the molecule is Cc1ccc(NC(=O)[C@H](C)N2C(=O)[C@H]3[C@@H]4CC[C@H](C4)[C@@H]3C2=O)cc1Cl. The Morgan fingerprint density at radius 1 is 1.20 bits per heavy atom. The van der Waals surface area contributed by atoms with E-state index >= 15 is 0 Å². The molecule has 25 heavy (non-hydrogen) atoms. The standard InChI is InChI=1S/C19H21ClN2O3/c1-9-3-6-13(8-14(9)20)21-17(23)10(2)22-18(24)15-11-4-5-12(7-11)16(15)19(22)25/h3,6,8,10-12,15-16H,4-5,7H2,1-2H3,(H,21,23)/t10-,11+,12+,15-,16-/m0/s1. The second kappa shape index (κ2) is 5.84. The molecule has 5 nitrogen and oxygen atoms in total. The van der Waals surface area contributed by atoms with E-state index in [1.165, 1.54) is 4.90 Å². The number of aryl methyl sites for hydroxylation is 1. The molecule has 0 spiro atoms. The van der Waals surface area contributed by atoms with E-state index in [0.717, 1.165) is 24.8 Å². The smallest absolute Gasteiger partial charge is 0.247 e. The lowest BCUT2D eigenvalue weighted by atomic mass is 9.81. The Morgan fingerprint density at radius 2 is 1.80 bits per heavy atom. The summed E-state index contributed by atoms with van der Waals surface area (Å²) in [5.41, 5.74) is 1.48. The molecule has 3 amide bonds. The van der Waals surface area contributed by atoms with Gasteiger partial charge in [-0.2, -0.15) is 0 Å². The predicted octanol–water partition coefficient (Wildman–Crippen LogP) is 3.01. The summed E-state index contributed by atoms with van der Waals surface area (Å²) in [5.74, 6) is -0.441. The van der Waals surface area contributed by atoms with Crippen LogP contribution in [0.5, 0.6) is 0 Å². The first-order chi connectivity index (χ1) is 11.9. The number of fused-ring (bicyclic) bond motifs is 5. The molecule has 4 rings (SSSR count). The molecule has 1 aromatic carbocycles. The van der Waals surface area contributed by atoms with Crippen molar-refractivity contribution in [2.75, 3.05) is 5.32 Å². The zero-order valence-electron chi connectivity index (χ0n) is 14.3. The van der Waals surface area contributed by atoms with E-state index in [9.17, 15) is 14.4 Å². The van der Waals surface area contributed by atoms with E-state index in [4.69, 9.17) is 11.6 Å². The number of nitrogens with zero attached hydrogens (tertiary/aromatic N) is 1. The highest BCUT2D eigenvalue weighted by atomic mass is 35.5. The number of halogens is 1. The lowest BCUT2D eigenvalue weighted by molar-refractivity contribution is -0.146. The Balaban J connectivity index is 1.51. The summed E-state index contributed by atoms with van der Waals surface area (Å²) in [7, 11) is 0. The quantitative estimate of drug-likeness (QED) is 0.842. The van der Waals surface area contributed by atoms with Gasteiger partial charge in [0.2, 0.25) is 17.7 Å². The number of likely N-dealkylation sites (tertiary alicyclic amines) is 1. The largest absolute Gasteiger partial charge is 0.324 e. The number of imide groups is 1. The molecule has 0 unspecified atom stereocenters. The van der Waals surface area contributed by atoms with Crippen LogP contribution >= 0.6 is 11.6 Å². The lowest BCUT2D eigenvalue weighted by Crippen LogP contribution is -2.46. The maximum atomic E-state index is 12.8. The van der Waals surface area contributed by atoms with Gasteiger partial charge in [-0.3, -0.25) is 19.3 Å². The van der Waals surface area contributed by atoms with Crippen LogP contribution in [0, 0.1) is 30.6 Å². The van der Waals surface area contributed by atoms with E-state index in [2.05, 4.69) is 5.32 Å². The highest BCUT2D eigenvalue weighted by Crippen LogP contribution is 2.56. The van der Waals surface area contributed by atoms with Crippen LogP contribution in [0.15, 0.2) is 18.2 Å². The molecule has 1 aliphatic heterocycles. The van der Waals surface area contributed by atoms with Gasteiger partial charge in [0.15, 0.2) is 0 Å². The molecule has 2 aliphatic carbocycles. The minimum Gasteiger partial charge on any atom is -0.324 e. The van der Waals surface area contributed by atoms with Crippen molar-refractivity contribution in [3.63, 3.8) is 0 Å². The third kappa shape index (κ3) is 2.48. The molecular weight excluding hydrogens is 340 g/mol. The highest BCUT2D eigenvalue weighted by molar-refractivity contribution is 6.31. The topological polar surface area (TPSA) is 66.5 Å². The second-order valence-corrected chi connectivity index (χ2v) is 7.97. The van der Waals surface area contributed by atoms with E-state index in [1.807, 2.05) is 13.0 Å². The Labute approximate surface area is 151 Å². The second-order valence-electron chi connectivity index (χ2n) is 7.56. The van der Waals surface area contributed by atoms with Crippen molar-refractivity contribution in [2.45, 2.75) is 39.2 Å². The summed E-state index contributed by atoms with van der Waals surface area (Å²) in [6.07, 6.45) is 3.05. The molecule has 5 atom stereocenters. The van der Waals surface area contributed by atoms with Crippen molar-refractivity contribution in [3.05, 3.63) is 28.8 Å². The molecule has 1 N–H and O–H groups in total. The first-order valence-electron chi connectivity index (χ1n) is 8.82. The Kier molecular flexibility index (Phi) is 3.87. The van der Waals surface area contributed by atoms with Gasteiger partial charge >= 0.3 is 0 Å². The van der Waals surface area contributed by atoms with E-state index in [0.29, 0.717) is 22.5 Å². The fourth-order valence-electron chi connectivity index (χ4n) is 4.85. The van der Waals surface area contributed by atoms with Gasteiger partial charge in [0.05, 0.1) is 11.8 Å². The number of rotatable bonds is 3. The van der Waals surface area contributed by atoms with Crippen molar-refractivity contribution in [3.8, 4) is 0 Å². The van der Waals surface area contributed by atoms with Crippen LogP contribution in [0.25, 0.3) is 0 Å². The van der Waals surface area contributed by atoms with Crippen LogP contribution in [0.4, 0.5) is 5.69 Å². The van der Waals surface area contributed by atoms with Crippen LogP contribution in [-0.2, 0) is 14.4 Å². The molecule has 0 aromatic heterocycles. The number of carbonyl (C=O) groups excluding carboxylic acids is 3. The summed E-state index contributed by atoms with van der Waals surface area (Å²) < 4.78 is 0. The van der Waals surface area contributed by atoms with Crippen molar-refractivity contribution >= 4 is 35.0 Å². The molecular formula is C19H21ClN2O3. The minimum absolute atomic E-state index is 0.160. The Morgan fingerprint density at radius 3 is 2.36 bits per heavy atom. The maximum Gasteiger partial charge on any atom is 0.247 e. The van der Waals surface area contributed by atoms with Crippen molar-refractivity contribution in [1.82, 2.24) is 4.90 Å². The molecule has 2 saturated carbocycles. The fourth-order valence-corrected chi connectivity index (χ4v) is 5.03. The first-order valence-corrected chi connectivity index (χ1v) is 9.20. The average molecular weight is 361 g/mol. The molecule has 1 saturated heterocycles. The predicted molar refractivity (Wildman–Crippen MR) is 93.9 cm³/mol. The zero-order chi connectivity index (χ0) is 17.9. The zero-order valence-corrected chi connectivity index (χ0v) is 15.0. The van der Waals surface area contributed by atoms with Gasteiger partial charge in [0, 0.05) is 10.7 Å². The number of carbonyl (C=O) groups is 3. The first kappa shape index (κ1) is 16.6. The van der Waals surface area contributed by atoms with Crippen LogP contribution in [0.3, 0.4) is 0 Å². The Hall–Kier alpha value is -1.88. The molecule has 2 bridgehead atoms. The summed E-state index contributed by atoms with van der Waals surface area (Å²) in [4.78, 5) is 39.4. The number of nitrogens with one attached hydrogen (secondary N) is 1. The fraction of sp³-hybridized carbons (Fsp3) is 0.526. The van der Waals surface area contributed by atoms with Crippen molar-refractivity contribution in [2.24, 2.45) is 23.7 Å². The molecule has 1 heterocycles. The molecule has 3 aliphatic rings. The van der Waals surface area contributed by atoms with Crippen LogP contribution in [0.2, 0.25) is 5.02 Å². The van der Waals surface area contributed by atoms with Gasteiger partial charge in [0.25, 0.3) is 0 Å². The van der Waals surface area contributed by atoms with E-state index < -0.39 is 6.04 Å². The van der Waals surface area contributed by atoms with Gasteiger partial charge in [-0.25, -0.2) is 0 Å². The van der Waals surface area contributed by atoms with Gasteiger partial charge in [0.1, 0.15) is 6.04 Å². The van der Waals surface area contributed by atoms with E-state index in [-0.39, 0.29) is 29.6 Å². The number of amides is 3. The lowest BCUT2D eigenvalue weighted by Gasteiger charge is -2.23. The van der Waals surface area contributed by atoms with E-state index in [1.54, 1.807) is 19.1 Å². The van der Waals surface area contributed by atoms with Gasteiger partial charge in [-0.05, 0) is 62.6 Å². The summed E-state index contributed by atoms with van der Waals surface area (Å²) in [5, 5.41) is 3.32. The average Bonchev–Trinajstić information content (AvgIpc) is 3.24. The van der Waals surface area contributed by atoms with Gasteiger partial charge in [-0.15, -0.1) is 0 Å². The van der Waals surface area contributed by atoms with Crippen molar-refractivity contribution < 1.29 is 14.4 Å². The molecule has 0 radical (unpaired) electrons. The minimum atomic E-state index is -0.815. The third-order valence-corrected chi connectivity index (χ3v) is 6.57. The number of anilines is 1. The van der Waals surface area contributed by atoms with Gasteiger partial charge in [-0.1, -0.05) is 17.7 Å². The van der Waals surface area contributed by atoms with Gasteiger partial charge < -0.3 is 5.32 Å². The maximum absolute atomic E-state index is 12.8. The highest BCUT2D eigenvalue weighted by Gasteiger charge is 2.62. The number of hydrogen-bond donors (Lipinski definition) is 1. The number of benzene rings is 1. The summed E-state index contributed by atoms with van der Waals surface area (Å²) in [6, 6.07) is 4.43. The normalized spacial score (nSPS) is 31.4. The summed E-state index contributed by atoms with van der Waals surface area (Å²) >= 11 is 6.08. The van der Waals surface area contributed by atoms with Crippen LogP contribution in [-0.4, -0.2) is 28.7 Å².